The van der Waals surface area contributed by atoms with Crippen LogP contribution in [0.15, 0.2) is 30.6 Å². The summed E-state index contributed by atoms with van der Waals surface area (Å²) < 4.78 is 14.7. The third kappa shape index (κ3) is 2.81. The molecule has 0 atom stereocenters. The van der Waals surface area contributed by atoms with E-state index < -0.39 is 0 Å². The number of hydrogen-bond donors (Lipinski definition) is 1. The zero-order valence-corrected chi connectivity index (χ0v) is 10.3. The molecule has 17 heavy (non-hydrogen) atoms. The van der Waals surface area contributed by atoms with Crippen molar-refractivity contribution in [3.63, 3.8) is 0 Å². The number of benzene rings is 1. The smallest absolute Gasteiger partial charge is 0.123 e. The molecule has 0 aliphatic carbocycles. The summed E-state index contributed by atoms with van der Waals surface area (Å²) in [4.78, 5) is 0.165. The van der Waals surface area contributed by atoms with Crippen molar-refractivity contribution >= 4 is 28.8 Å². The lowest BCUT2D eigenvalue weighted by Crippen LogP contribution is -2.14. The molecule has 0 saturated carbocycles. The summed E-state index contributed by atoms with van der Waals surface area (Å²) in [5.41, 5.74) is 6.88. The van der Waals surface area contributed by atoms with Crippen molar-refractivity contribution in [2.45, 2.75) is 6.54 Å². The molecule has 2 N–H and O–H groups in total. The summed E-state index contributed by atoms with van der Waals surface area (Å²) in [6.45, 7) is 0.444. The van der Waals surface area contributed by atoms with Gasteiger partial charge in [0.25, 0.3) is 0 Å². The Morgan fingerprint density at radius 3 is 2.88 bits per heavy atom. The van der Waals surface area contributed by atoms with Crippen molar-refractivity contribution in [2.75, 3.05) is 0 Å². The molecule has 0 saturated heterocycles. The fourth-order valence-electron chi connectivity index (χ4n) is 1.52. The van der Waals surface area contributed by atoms with Crippen LogP contribution in [-0.2, 0) is 6.54 Å². The highest BCUT2D eigenvalue weighted by Crippen LogP contribution is 2.14. The van der Waals surface area contributed by atoms with Crippen LogP contribution in [0.3, 0.4) is 0 Å². The van der Waals surface area contributed by atoms with Gasteiger partial charge in [-0.3, -0.25) is 4.68 Å². The van der Waals surface area contributed by atoms with Crippen molar-refractivity contribution in [1.29, 1.82) is 0 Å². The Bertz CT molecular complexity index is 568. The van der Waals surface area contributed by atoms with Gasteiger partial charge in [0.2, 0.25) is 0 Å². The second-order valence-electron chi connectivity index (χ2n) is 3.52. The summed E-state index contributed by atoms with van der Waals surface area (Å²) in [5, 5.41) is 4.59. The number of rotatable bonds is 3. The fourth-order valence-corrected chi connectivity index (χ4v) is 1.86. The number of nitrogens with zero attached hydrogens (tertiary/aromatic N) is 2. The lowest BCUT2D eigenvalue weighted by atomic mass is 10.1. The van der Waals surface area contributed by atoms with E-state index in [1.807, 2.05) is 0 Å². The van der Waals surface area contributed by atoms with Crippen LogP contribution in [0, 0.1) is 5.82 Å². The summed E-state index contributed by atoms with van der Waals surface area (Å²) in [6.07, 6.45) is 3.21. The predicted molar refractivity (Wildman–Crippen MR) is 68.6 cm³/mol. The van der Waals surface area contributed by atoms with E-state index in [2.05, 4.69) is 5.10 Å². The van der Waals surface area contributed by atoms with Crippen LogP contribution < -0.4 is 5.73 Å². The molecule has 0 aliphatic rings. The molecule has 1 heterocycles. The fraction of sp³-hybridized carbons (Fsp3) is 0.0909. The SMILES string of the molecule is NC(=S)c1cc(F)ccc1Cn1cc(Cl)cn1. The second-order valence-corrected chi connectivity index (χ2v) is 4.40. The monoisotopic (exact) mass is 269 g/mol. The van der Waals surface area contributed by atoms with Gasteiger partial charge in [-0.2, -0.15) is 5.10 Å². The van der Waals surface area contributed by atoms with E-state index >= 15 is 0 Å². The Labute approximate surface area is 108 Å². The van der Waals surface area contributed by atoms with E-state index in [0.29, 0.717) is 17.1 Å². The first-order valence-corrected chi connectivity index (χ1v) is 5.61. The molecular formula is C11H9ClFN3S. The molecule has 0 bridgehead atoms. The number of halogens is 2. The van der Waals surface area contributed by atoms with Gasteiger partial charge in [0, 0.05) is 11.8 Å². The average molecular weight is 270 g/mol. The zero-order chi connectivity index (χ0) is 12.4. The Morgan fingerprint density at radius 2 is 2.29 bits per heavy atom. The number of hydrogen-bond acceptors (Lipinski definition) is 2. The van der Waals surface area contributed by atoms with Crippen LogP contribution in [0.5, 0.6) is 0 Å². The molecule has 3 nitrogen and oxygen atoms in total. The van der Waals surface area contributed by atoms with Crippen LogP contribution in [0.4, 0.5) is 4.39 Å². The molecule has 2 aromatic rings. The average Bonchev–Trinajstić information content (AvgIpc) is 2.66. The van der Waals surface area contributed by atoms with Crippen molar-refractivity contribution in [3.8, 4) is 0 Å². The molecule has 2 rings (SSSR count). The Balaban J connectivity index is 2.35. The minimum atomic E-state index is -0.366. The quantitative estimate of drug-likeness (QED) is 0.870. The van der Waals surface area contributed by atoms with Crippen LogP contribution in [0.25, 0.3) is 0 Å². The van der Waals surface area contributed by atoms with Gasteiger partial charge in [-0.05, 0) is 17.7 Å². The maximum absolute atomic E-state index is 13.1. The van der Waals surface area contributed by atoms with Gasteiger partial charge in [0.05, 0.1) is 17.8 Å². The van der Waals surface area contributed by atoms with Gasteiger partial charge in [-0.25, -0.2) is 4.39 Å². The largest absolute Gasteiger partial charge is 0.389 e. The van der Waals surface area contributed by atoms with Crippen LogP contribution in [0.1, 0.15) is 11.1 Å². The first-order valence-electron chi connectivity index (χ1n) is 4.82. The molecule has 0 fully saturated rings. The molecule has 88 valence electrons. The van der Waals surface area contributed by atoms with Crippen molar-refractivity contribution in [2.24, 2.45) is 5.73 Å². The molecule has 1 aromatic heterocycles. The molecule has 0 spiro atoms. The number of nitrogens with two attached hydrogens (primary N) is 1. The maximum atomic E-state index is 13.1. The van der Waals surface area contributed by atoms with Crippen LogP contribution in [-0.4, -0.2) is 14.8 Å². The van der Waals surface area contributed by atoms with E-state index in [9.17, 15) is 4.39 Å². The number of thiocarbonyl (C=S) groups is 1. The summed E-state index contributed by atoms with van der Waals surface area (Å²) in [7, 11) is 0. The third-order valence-electron chi connectivity index (χ3n) is 2.27. The molecule has 0 aliphatic heterocycles. The van der Waals surface area contributed by atoms with Gasteiger partial charge < -0.3 is 5.73 Å². The van der Waals surface area contributed by atoms with Crippen molar-refractivity contribution in [1.82, 2.24) is 9.78 Å². The van der Waals surface area contributed by atoms with Gasteiger partial charge in [-0.15, -0.1) is 0 Å². The summed E-state index contributed by atoms with van der Waals surface area (Å²) in [5.74, 6) is -0.366. The third-order valence-corrected chi connectivity index (χ3v) is 2.69. The van der Waals surface area contributed by atoms with E-state index in [1.54, 1.807) is 16.9 Å². The predicted octanol–water partition coefficient (Wildman–Crippen LogP) is 2.36. The Kier molecular flexibility index (Phi) is 3.40. The van der Waals surface area contributed by atoms with Crippen molar-refractivity contribution < 1.29 is 4.39 Å². The molecular weight excluding hydrogens is 261 g/mol. The van der Waals surface area contributed by atoms with E-state index in [0.717, 1.165) is 5.56 Å². The highest BCUT2D eigenvalue weighted by Gasteiger charge is 2.08. The van der Waals surface area contributed by atoms with Gasteiger partial charge in [-0.1, -0.05) is 29.9 Å². The first kappa shape index (κ1) is 12.0. The lowest BCUT2D eigenvalue weighted by Gasteiger charge is -2.08. The normalized spacial score (nSPS) is 10.5. The molecule has 0 radical (unpaired) electrons. The van der Waals surface area contributed by atoms with Crippen LogP contribution >= 0.6 is 23.8 Å². The highest BCUT2D eigenvalue weighted by atomic mass is 35.5. The first-order chi connectivity index (χ1) is 8.06. The minimum absolute atomic E-state index is 0.165. The highest BCUT2D eigenvalue weighted by molar-refractivity contribution is 7.80. The maximum Gasteiger partial charge on any atom is 0.123 e. The van der Waals surface area contributed by atoms with Gasteiger partial charge in [0.15, 0.2) is 0 Å². The number of aromatic nitrogens is 2. The molecule has 6 heteroatoms. The van der Waals surface area contributed by atoms with Gasteiger partial charge in [0.1, 0.15) is 10.8 Å². The van der Waals surface area contributed by atoms with E-state index in [-0.39, 0.29) is 10.8 Å². The lowest BCUT2D eigenvalue weighted by molar-refractivity contribution is 0.624. The van der Waals surface area contributed by atoms with Crippen molar-refractivity contribution in [3.05, 3.63) is 52.6 Å². The molecule has 0 amide bonds. The zero-order valence-electron chi connectivity index (χ0n) is 8.73. The summed E-state index contributed by atoms with van der Waals surface area (Å²) >= 11 is 10.6. The Hall–Kier alpha value is -1.46. The van der Waals surface area contributed by atoms with E-state index in [1.165, 1.54) is 18.3 Å². The van der Waals surface area contributed by atoms with Gasteiger partial charge >= 0.3 is 0 Å². The molecule has 0 unspecified atom stereocenters. The Morgan fingerprint density at radius 1 is 1.53 bits per heavy atom. The second kappa shape index (κ2) is 4.81. The van der Waals surface area contributed by atoms with Crippen LogP contribution in [0.2, 0.25) is 5.02 Å². The standard InChI is InChI=1S/C11H9ClFN3S/c12-8-4-15-16(6-8)5-7-1-2-9(13)3-10(7)11(14)17/h1-4,6H,5H2,(H2,14,17). The van der Waals surface area contributed by atoms with E-state index in [4.69, 9.17) is 29.6 Å². The topological polar surface area (TPSA) is 43.8 Å². The minimum Gasteiger partial charge on any atom is -0.389 e. The summed E-state index contributed by atoms with van der Waals surface area (Å²) in [6, 6.07) is 4.32. The molecule has 1 aromatic carbocycles.